The predicted octanol–water partition coefficient (Wildman–Crippen LogP) is 11.7. The van der Waals surface area contributed by atoms with Crippen LogP contribution in [0, 0.1) is 0 Å². The van der Waals surface area contributed by atoms with Crippen molar-refractivity contribution in [3.8, 4) is 0 Å². The van der Waals surface area contributed by atoms with Crippen LogP contribution in [-0.2, 0) is 4.79 Å². The fraction of sp³-hybridized carbons (Fsp3) is 0.902. The quantitative estimate of drug-likeness (QED) is 0.0317. The van der Waals surface area contributed by atoms with E-state index in [1.165, 1.54) is 154 Å². The van der Waals surface area contributed by atoms with E-state index in [1.807, 2.05) is 21.1 Å². The highest BCUT2D eigenvalue weighted by Crippen LogP contribution is 2.25. The van der Waals surface area contributed by atoms with E-state index in [0.717, 1.165) is 25.7 Å². The minimum Gasteiger partial charge on any atom is -0.827 e. The van der Waals surface area contributed by atoms with Crippen LogP contribution in [0.5, 0.6) is 0 Å². The van der Waals surface area contributed by atoms with Gasteiger partial charge in [-0.25, -0.2) is 0 Å². The van der Waals surface area contributed by atoms with E-state index in [-0.39, 0.29) is 17.0 Å². The number of aliphatic hydroxyl groups excluding tert-OH is 1. The number of hydrogen-bond donors (Lipinski definition) is 1. The van der Waals surface area contributed by atoms with Gasteiger partial charge in [0.05, 0.1) is 21.1 Å². The Balaban J connectivity index is 4.01. The molecule has 272 valence electrons. The number of nitrogens with zero attached hydrogens (tertiary/aromatic N) is 1. The number of likely N-dealkylation sites (N-methyl/N-ethyl adjacent to an activating group) is 1. The van der Waals surface area contributed by atoms with E-state index in [4.69, 9.17) is 0 Å². The number of Topliss-reactive ketones (excluding diaryl/α,β-unsaturated/α-hetero) is 1. The van der Waals surface area contributed by atoms with Crippen molar-refractivity contribution in [2.75, 3.05) is 21.1 Å². The van der Waals surface area contributed by atoms with Crippen LogP contribution in [0.25, 0.3) is 0 Å². The van der Waals surface area contributed by atoms with Crippen LogP contribution in [0.3, 0.4) is 0 Å². The Labute approximate surface area is 290 Å². The Bertz CT molecular complexity index is 730. The van der Waals surface area contributed by atoms with Crippen LogP contribution >= 0.6 is 8.20 Å². The lowest BCUT2D eigenvalue weighted by Gasteiger charge is -2.35. The molecule has 1 N–H and O–H groups in total. The molecule has 0 spiro atoms. The van der Waals surface area contributed by atoms with Crippen LogP contribution in [0.2, 0.25) is 0 Å². The number of ketones is 1. The molecule has 0 heterocycles. The molecule has 0 saturated heterocycles. The molecule has 2 unspecified atom stereocenters. The third-order valence-corrected chi connectivity index (χ3v) is 11.1. The maximum Gasteiger partial charge on any atom is 0.172 e. The highest BCUT2D eigenvalue weighted by atomic mass is 31.1. The van der Waals surface area contributed by atoms with Gasteiger partial charge in [0, 0.05) is 6.42 Å². The number of unbranched alkanes of at least 4 members (excludes halogenated alkanes) is 25. The molecule has 46 heavy (non-hydrogen) atoms. The van der Waals surface area contributed by atoms with E-state index in [9.17, 15) is 15.0 Å². The summed E-state index contributed by atoms with van der Waals surface area (Å²) in [7, 11) is 6.54. The Morgan fingerprint density at radius 3 is 1.26 bits per heavy atom. The summed E-state index contributed by atoms with van der Waals surface area (Å²) >= 11 is 0. The smallest absolute Gasteiger partial charge is 0.172 e. The van der Waals surface area contributed by atoms with Crippen LogP contribution < -0.4 is 5.11 Å². The summed E-state index contributed by atoms with van der Waals surface area (Å²) in [6, 6.07) is 0. The highest BCUT2D eigenvalue weighted by molar-refractivity contribution is 7.40. The lowest BCUT2D eigenvalue weighted by atomic mass is 10.0. The van der Waals surface area contributed by atoms with Crippen molar-refractivity contribution >= 4 is 19.5 Å². The highest BCUT2D eigenvalue weighted by Gasteiger charge is 2.34. The van der Waals surface area contributed by atoms with Crippen LogP contribution in [0.15, 0.2) is 12.2 Å². The van der Waals surface area contributed by atoms with Crippen molar-refractivity contribution in [3.05, 3.63) is 12.2 Å². The molecule has 0 rings (SSSR count). The van der Waals surface area contributed by atoms with Crippen LogP contribution in [0.4, 0.5) is 0 Å². The zero-order valence-electron chi connectivity index (χ0n) is 31.7. The average Bonchev–Trinajstić information content (AvgIpc) is 3.02. The van der Waals surface area contributed by atoms with Gasteiger partial charge in [-0.05, 0) is 38.5 Å². The summed E-state index contributed by atoms with van der Waals surface area (Å²) in [5.74, 6) is -0.478. The molecule has 0 amide bonds. The summed E-state index contributed by atoms with van der Waals surface area (Å²) in [6.07, 6.45) is 40.3. The van der Waals surface area contributed by atoms with Crippen molar-refractivity contribution in [1.82, 2.24) is 0 Å². The fourth-order valence-corrected chi connectivity index (χ4v) is 7.45. The summed E-state index contributed by atoms with van der Waals surface area (Å²) < 4.78 is 0.422. The van der Waals surface area contributed by atoms with Crippen molar-refractivity contribution in [1.29, 1.82) is 0 Å². The number of allylic oxidation sites excluding steroid dienone is 2. The molecule has 4 nitrogen and oxygen atoms in total. The minimum atomic E-state index is -1.06. The van der Waals surface area contributed by atoms with Gasteiger partial charge >= 0.3 is 0 Å². The summed E-state index contributed by atoms with van der Waals surface area (Å²) in [5.41, 5.74) is 0.162. The molecule has 0 saturated carbocycles. The molecule has 0 aromatic heterocycles. The zero-order chi connectivity index (χ0) is 34.1. The Kier molecular flexibility index (Phi) is 32.6. The molecule has 0 bridgehead atoms. The maximum atomic E-state index is 12.9. The summed E-state index contributed by atoms with van der Waals surface area (Å²) in [4.78, 5) is 12.9. The van der Waals surface area contributed by atoms with Crippen molar-refractivity contribution in [3.63, 3.8) is 0 Å². The maximum absolute atomic E-state index is 12.9. The second kappa shape index (κ2) is 33.0. The number of hydrogen-bond acceptors (Lipinski definition) is 3. The van der Waals surface area contributed by atoms with Gasteiger partial charge in [-0.15, -0.1) is 5.48 Å². The SMILES string of the molecule is CCCCCCCC/C=C\CCCCCCCC([O-])=PC(C(O)C(=O)CCCCCCCCCCCCCCCCC)[N+](C)(C)C. The molecule has 2 atom stereocenters. The third kappa shape index (κ3) is 29.6. The minimum absolute atomic E-state index is 0.0888. The number of quaternary nitrogens is 1. The van der Waals surface area contributed by atoms with Crippen molar-refractivity contribution in [2.45, 2.75) is 218 Å². The lowest BCUT2D eigenvalue weighted by Crippen LogP contribution is -2.51. The molecular formula is C41H80NO3P. The molecule has 0 aliphatic carbocycles. The van der Waals surface area contributed by atoms with Gasteiger partial charge in [0.2, 0.25) is 0 Å². The number of rotatable bonds is 35. The Morgan fingerprint density at radius 1 is 0.565 bits per heavy atom. The largest absolute Gasteiger partial charge is 0.827 e. The molecule has 0 aliphatic rings. The van der Waals surface area contributed by atoms with E-state index in [2.05, 4.69) is 26.0 Å². The van der Waals surface area contributed by atoms with Gasteiger partial charge in [0.1, 0.15) is 0 Å². The summed E-state index contributed by atoms with van der Waals surface area (Å²) in [5, 5.41) is 23.8. The van der Waals surface area contributed by atoms with E-state index in [0.29, 0.717) is 25.5 Å². The first-order valence-corrected chi connectivity index (χ1v) is 21.1. The summed E-state index contributed by atoms with van der Waals surface area (Å²) in [6.45, 7) is 4.54. The Morgan fingerprint density at radius 2 is 0.891 bits per heavy atom. The monoisotopic (exact) mass is 666 g/mol. The molecule has 0 aliphatic heterocycles. The molecule has 0 aromatic carbocycles. The first kappa shape index (κ1) is 45.5. The second-order valence-corrected chi connectivity index (χ2v) is 16.3. The first-order chi connectivity index (χ1) is 22.2. The van der Waals surface area contributed by atoms with Crippen molar-refractivity contribution in [2.24, 2.45) is 0 Å². The lowest BCUT2D eigenvalue weighted by molar-refractivity contribution is -0.883. The first-order valence-electron chi connectivity index (χ1n) is 20.1. The van der Waals surface area contributed by atoms with Gasteiger partial charge in [0.15, 0.2) is 17.7 Å². The molecule has 0 radical (unpaired) electrons. The van der Waals surface area contributed by atoms with Gasteiger partial charge in [-0.2, -0.15) is 0 Å². The normalized spacial score (nSPS) is 13.9. The van der Waals surface area contributed by atoms with E-state index < -0.39 is 6.10 Å². The average molecular weight is 666 g/mol. The van der Waals surface area contributed by atoms with Crippen molar-refractivity contribution < 1.29 is 19.5 Å². The number of carbonyl (C=O) groups is 1. The molecule has 0 aromatic rings. The second-order valence-electron chi connectivity index (χ2n) is 15.0. The predicted molar refractivity (Wildman–Crippen MR) is 204 cm³/mol. The molecule has 0 fully saturated rings. The van der Waals surface area contributed by atoms with Crippen LogP contribution in [-0.4, -0.2) is 53.9 Å². The fourth-order valence-electron chi connectivity index (χ4n) is 6.21. The standard InChI is InChI=1S/C41H80NO3P/c1-6-8-10-12-14-16-18-20-22-24-26-28-30-32-34-36-38(43)40(45)41(42(3,4)5)46-39(44)37-35-33-31-29-27-25-23-21-19-17-15-13-11-9-7-2/h21,23,40-41,45H,6-20,22,24-37H2,1-5H3/b23-21-. The Hall–Kier alpha value is -0.540. The van der Waals surface area contributed by atoms with Crippen LogP contribution in [0.1, 0.15) is 206 Å². The molecular weight excluding hydrogens is 585 g/mol. The van der Waals surface area contributed by atoms with Gasteiger partial charge in [-0.3, -0.25) is 4.79 Å². The number of carbonyl (C=O) groups excluding carboxylic acids is 1. The third-order valence-electron chi connectivity index (χ3n) is 9.36. The van der Waals surface area contributed by atoms with E-state index >= 15 is 0 Å². The van der Waals surface area contributed by atoms with Gasteiger partial charge in [0.25, 0.3) is 0 Å². The number of aliphatic hydroxyl groups is 1. The van der Waals surface area contributed by atoms with Gasteiger partial charge in [-0.1, -0.05) is 182 Å². The van der Waals surface area contributed by atoms with E-state index in [1.54, 1.807) is 0 Å². The van der Waals surface area contributed by atoms with Gasteiger partial charge < -0.3 is 14.7 Å². The molecule has 5 heteroatoms. The topological polar surface area (TPSA) is 60.4 Å². The zero-order valence-corrected chi connectivity index (χ0v) is 32.6.